The van der Waals surface area contributed by atoms with Crippen LogP contribution in [0.3, 0.4) is 0 Å². The molecule has 2 N–H and O–H groups in total. The average molecular weight is 218 g/mol. The summed E-state index contributed by atoms with van der Waals surface area (Å²) in [6, 6.07) is 9.94. The van der Waals surface area contributed by atoms with Crippen molar-refractivity contribution in [2.75, 3.05) is 5.73 Å². The third-order valence-electron chi connectivity index (χ3n) is 1.89. The zero-order valence-electron chi connectivity index (χ0n) is 7.96. The Morgan fingerprint density at radius 1 is 1.07 bits per heavy atom. The Morgan fingerprint density at radius 2 is 1.80 bits per heavy atom. The van der Waals surface area contributed by atoms with Gasteiger partial charge in [-0.3, -0.25) is 0 Å². The van der Waals surface area contributed by atoms with E-state index < -0.39 is 0 Å². The predicted molar refractivity (Wildman–Crippen MR) is 60.7 cm³/mol. The zero-order chi connectivity index (χ0) is 10.7. The van der Waals surface area contributed by atoms with E-state index in [9.17, 15) is 0 Å². The average Bonchev–Trinajstić information content (AvgIpc) is 2.17. The fourth-order valence-electron chi connectivity index (χ4n) is 1.28. The van der Waals surface area contributed by atoms with Gasteiger partial charge in [-0.05, 0) is 5.56 Å². The predicted octanol–water partition coefficient (Wildman–Crippen LogP) is 1.33. The van der Waals surface area contributed by atoms with Gasteiger partial charge in [-0.15, -0.1) is 12.6 Å². The minimum Gasteiger partial charge on any atom is -0.368 e. The van der Waals surface area contributed by atoms with Crippen molar-refractivity contribution in [1.82, 2.24) is 15.0 Å². The van der Waals surface area contributed by atoms with Gasteiger partial charge in [0.1, 0.15) is 5.82 Å². The van der Waals surface area contributed by atoms with Crippen molar-refractivity contribution in [3.63, 3.8) is 0 Å². The molecule has 0 aliphatic rings. The Labute approximate surface area is 93.0 Å². The highest BCUT2D eigenvalue weighted by molar-refractivity contribution is 7.80. The van der Waals surface area contributed by atoms with Crippen LogP contribution < -0.4 is 5.73 Å². The van der Waals surface area contributed by atoms with Gasteiger partial charge in [0.15, 0.2) is 5.16 Å². The number of anilines is 1. The molecule has 1 aromatic heterocycles. The highest BCUT2D eigenvalue weighted by atomic mass is 32.1. The first-order valence-corrected chi connectivity index (χ1v) is 4.92. The molecule has 0 spiro atoms. The fraction of sp³-hybridized carbons (Fsp3) is 0.100. The lowest BCUT2D eigenvalue weighted by Gasteiger charge is -2.01. The number of thiol groups is 1. The molecule has 0 unspecified atom stereocenters. The lowest BCUT2D eigenvalue weighted by atomic mass is 10.1. The van der Waals surface area contributed by atoms with Crippen molar-refractivity contribution in [2.45, 2.75) is 11.6 Å². The Bertz CT molecular complexity index is 438. The van der Waals surface area contributed by atoms with E-state index >= 15 is 0 Å². The van der Waals surface area contributed by atoms with E-state index in [1.54, 1.807) is 0 Å². The lowest BCUT2D eigenvalue weighted by molar-refractivity contribution is 0.842. The van der Waals surface area contributed by atoms with Crippen LogP contribution in [-0.2, 0) is 6.42 Å². The van der Waals surface area contributed by atoms with Crippen LogP contribution in [0.25, 0.3) is 0 Å². The number of hydrogen-bond acceptors (Lipinski definition) is 5. The highest BCUT2D eigenvalue weighted by Crippen LogP contribution is 2.07. The van der Waals surface area contributed by atoms with Crippen molar-refractivity contribution >= 4 is 18.6 Å². The first-order chi connectivity index (χ1) is 7.24. The van der Waals surface area contributed by atoms with Gasteiger partial charge in [-0.25, -0.2) is 4.98 Å². The van der Waals surface area contributed by atoms with Crippen LogP contribution in [-0.4, -0.2) is 15.0 Å². The molecule has 0 amide bonds. The third-order valence-corrected chi connectivity index (χ3v) is 2.09. The van der Waals surface area contributed by atoms with Crippen LogP contribution in [0.1, 0.15) is 11.4 Å². The SMILES string of the molecule is Nc1nc(S)nc(Cc2ccccc2)n1. The molecule has 0 aliphatic heterocycles. The monoisotopic (exact) mass is 218 g/mol. The number of nitrogen functional groups attached to an aromatic ring is 1. The van der Waals surface area contributed by atoms with Crippen molar-refractivity contribution in [3.05, 3.63) is 41.7 Å². The van der Waals surface area contributed by atoms with E-state index in [2.05, 4.69) is 27.6 Å². The molecule has 4 nitrogen and oxygen atoms in total. The van der Waals surface area contributed by atoms with Gasteiger partial charge >= 0.3 is 0 Å². The molecular weight excluding hydrogens is 208 g/mol. The van der Waals surface area contributed by atoms with Crippen molar-refractivity contribution in [1.29, 1.82) is 0 Å². The van der Waals surface area contributed by atoms with Crippen LogP contribution in [0, 0.1) is 0 Å². The molecule has 2 rings (SSSR count). The number of hydrogen-bond donors (Lipinski definition) is 2. The summed E-state index contributed by atoms with van der Waals surface area (Å²) in [5.41, 5.74) is 6.64. The molecule has 0 bridgehead atoms. The number of nitrogens with zero attached hydrogens (tertiary/aromatic N) is 3. The number of aromatic nitrogens is 3. The molecule has 15 heavy (non-hydrogen) atoms. The maximum Gasteiger partial charge on any atom is 0.224 e. The van der Waals surface area contributed by atoms with Crippen LogP contribution in [0.4, 0.5) is 5.95 Å². The van der Waals surface area contributed by atoms with Gasteiger partial charge in [0.25, 0.3) is 0 Å². The van der Waals surface area contributed by atoms with Gasteiger partial charge < -0.3 is 5.73 Å². The van der Waals surface area contributed by atoms with Crippen LogP contribution in [0.2, 0.25) is 0 Å². The topological polar surface area (TPSA) is 64.7 Å². The second-order valence-electron chi connectivity index (χ2n) is 3.07. The first kappa shape index (κ1) is 9.92. The third kappa shape index (κ3) is 2.66. The molecule has 76 valence electrons. The largest absolute Gasteiger partial charge is 0.368 e. The van der Waals surface area contributed by atoms with Gasteiger partial charge in [-0.1, -0.05) is 30.3 Å². The number of benzene rings is 1. The van der Waals surface area contributed by atoms with E-state index in [0.29, 0.717) is 17.4 Å². The molecule has 0 saturated carbocycles. The minimum absolute atomic E-state index is 0.209. The summed E-state index contributed by atoms with van der Waals surface area (Å²) in [6.45, 7) is 0. The molecule has 0 aliphatic carbocycles. The molecule has 1 heterocycles. The van der Waals surface area contributed by atoms with Gasteiger partial charge in [0, 0.05) is 6.42 Å². The summed E-state index contributed by atoms with van der Waals surface area (Å²) >= 11 is 4.05. The van der Waals surface area contributed by atoms with E-state index in [1.807, 2.05) is 30.3 Å². The Morgan fingerprint density at radius 3 is 2.47 bits per heavy atom. The lowest BCUT2D eigenvalue weighted by Crippen LogP contribution is -2.04. The summed E-state index contributed by atoms with van der Waals surface area (Å²) in [5.74, 6) is 0.847. The van der Waals surface area contributed by atoms with Crippen molar-refractivity contribution in [2.24, 2.45) is 0 Å². The summed E-state index contributed by atoms with van der Waals surface area (Å²) < 4.78 is 0. The minimum atomic E-state index is 0.209. The second-order valence-corrected chi connectivity index (χ2v) is 3.47. The quantitative estimate of drug-likeness (QED) is 0.746. The Balaban J connectivity index is 2.25. The first-order valence-electron chi connectivity index (χ1n) is 4.47. The van der Waals surface area contributed by atoms with E-state index in [1.165, 1.54) is 0 Å². The second kappa shape index (κ2) is 4.27. The summed E-state index contributed by atoms with van der Waals surface area (Å²) in [4.78, 5) is 11.9. The highest BCUT2D eigenvalue weighted by Gasteiger charge is 2.02. The Kier molecular flexibility index (Phi) is 2.82. The number of rotatable bonds is 2. The Hall–Kier alpha value is -1.62. The smallest absolute Gasteiger partial charge is 0.224 e. The van der Waals surface area contributed by atoms with E-state index in [-0.39, 0.29) is 5.95 Å². The van der Waals surface area contributed by atoms with Gasteiger partial charge in [0.05, 0.1) is 0 Å². The zero-order valence-corrected chi connectivity index (χ0v) is 8.85. The summed E-state index contributed by atoms with van der Waals surface area (Å²) in [6.07, 6.45) is 0.640. The molecule has 5 heteroatoms. The van der Waals surface area contributed by atoms with Crippen LogP contribution in [0.15, 0.2) is 35.5 Å². The van der Waals surface area contributed by atoms with E-state index in [0.717, 1.165) is 5.56 Å². The maximum absolute atomic E-state index is 5.50. The van der Waals surface area contributed by atoms with Crippen LogP contribution >= 0.6 is 12.6 Å². The fourth-order valence-corrected chi connectivity index (χ4v) is 1.50. The van der Waals surface area contributed by atoms with Crippen molar-refractivity contribution < 1.29 is 0 Å². The van der Waals surface area contributed by atoms with Crippen LogP contribution in [0.5, 0.6) is 0 Å². The van der Waals surface area contributed by atoms with Gasteiger partial charge in [0.2, 0.25) is 5.95 Å². The molecule has 0 radical (unpaired) electrons. The molecule has 0 saturated heterocycles. The molecule has 2 aromatic rings. The molecule has 1 aromatic carbocycles. The number of nitrogens with two attached hydrogens (primary N) is 1. The van der Waals surface area contributed by atoms with E-state index in [4.69, 9.17) is 5.73 Å². The standard InChI is InChI=1S/C10H10N4S/c11-9-12-8(13-10(15)14-9)6-7-4-2-1-3-5-7/h1-5H,6H2,(H3,11,12,13,14,15). The summed E-state index contributed by atoms with van der Waals surface area (Å²) in [5, 5.41) is 0.355. The maximum atomic E-state index is 5.50. The molecule has 0 fully saturated rings. The summed E-state index contributed by atoms with van der Waals surface area (Å²) in [7, 11) is 0. The molecule has 0 atom stereocenters. The normalized spacial score (nSPS) is 10.2. The van der Waals surface area contributed by atoms with Gasteiger partial charge in [-0.2, -0.15) is 9.97 Å². The van der Waals surface area contributed by atoms with Crippen molar-refractivity contribution in [3.8, 4) is 0 Å². The molecular formula is C10H10N4S.